The molecule has 0 saturated carbocycles. The number of fused-ring (bicyclic) bond motifs is 1. The topological polar surface area (TPSA) is 34.3 Å². The average Bonchev–Trinajstić information content (AvgIpc) is 3.09. The van der Waals surface area contributed by atoms with E-state index in [2.05, 4.69) is 87.8 Å². The molecule has 0 spiro atoms. The molecule has 1 unspecified atom stereocenters. The van der Waals surface area contributed by atoms with E-state index >= 15 is 0 Å². The number of rotatable bonds is 6. The Balaban J connectivity index is 1.24. The maximum atomic E-state index is 3.56. The highest BCUT2D eigenvalue weighted by atomic mass is 15.3. The Hall–Kier alpha value is -2.46. The van der Waals surface area contributed by atoms with Crippen LogP contribution in [-0.4, -0.2) is 48.6 Å². The van der Waals surface area contributed by atoms with Crippen molar-refractivity contribution in [1.82, 2.24) is 9.88 Å². The minimum Gasteiger partial charge on any atom is -0.371 e. The number of piperazine rings is 1. The van der Waals surface area contributed by atoms with Gasteiger partial charge in [-0.2, -0.15) is 0 Å². The van der Waals surface area contributed by atoms with Crippen molar-refractivity contribution in [2.45, 2.75) is 19.4 Å². The lowest BCUT2D eigenvalue weighted by atomic mass is 10.1. The predicted molar refractivity (Wildman–Crippen MR) is 111 cm³/mol. The summed E-state index contributed by atoms with van der Waals surface area (Å²) in [5, 5.41) is 6.10. The van der Waals surface area contributed by atoms with E-state index in [0.717, 1.165) is 45.0 Å². The fourth-order valence-corrected chi connectivity index (χ4v) is 3.98. The van der Waals surface area contributed by atoms with Gasteiger partial charge in [-0.1, -0.05) is 42.5 Å². The lowest BCUT2D eigenvalue weighted by Gasteiger charge is -2.41. The first-order valence-electron chi connectivity index (χ1n) is 9.65. The Bertz CT molecular complexity index is 826. The quantitative estimate of drug-likeness (QED) is 0.656. The molecule has 2 aromatic carbocycles. The van der Waals surface area contributed by atoms with E-state index in [0.29, 0.717) is 6.04 Å². The van der Waals surface area contributed by atoms with Crippen molar-refractivity contribution in [2.24, 2.45) is 0 Å². The molecule has 0 radical (unpaired) electrons. The largest absolute Gasteiger partial charge is 0.371 e. The highest BCUT2D eigenvalue weighted by molar-refractivity contribution is 5.92. The molecule has 1 saturated heterocycles. The van der Waals surface area contributed by atoms with Gasteiger partial charge in [0.15, 0.2) is 0 Å². The molecule has 0 aliphatic carbocycles. The number of anilines is 2. The maximum Gasteiger partial charge on any atom is 0.111 e. The van der Waals surface area contributed by atoms with Gasteiger partial charge in [-0.25, -0.2) is 0 Å². The van der Waals surface area contributed by atoms with Crippen molar-refractivity contribution in [3.05, 3.63) is 60.8 Å². The van der Waals surface area contributed by atoms with E-state index in [1.807, 2.05) is 0 Å². The van der Waals surface area contributed by atoms with Crippen LogP contribution in [0.1, 0.15) is 13.3 Å². The van der Waals surface area contributed by atoms with Crippen LogP contribution in [0.15, 0.2) is 60.8 Å². The number of para-hydroxylation sites is 1. The zero-order valence-corrected chi connectivity index (χ0v) is 15.5. The normalized spacial score (nSPS) is 18.3. The lowest BCUT2D eigenvalue weighted by Crippen LogP contribution is -2.52. The van der Waals surface area contributed by atoms with Gasteiger partial charge in [0.2, 0.25) is 0 Å². The number of H-pyrrole nitrogens is 1. The third-order valence-corrected chi connectivity index (χ3v) is 5.35. The van der Waals surface area contributed by atoms with Crippen LogP contribution in [0.25, 0.3) is 10.8 Å². The number of benzene rings is 2. The highest BCUT2D eigenvalue weighted by Gasteiger charge is 2.23. The first-order chi connectivity index (χ1) is 12.8. The maximum absolute atomic E-state index is 3.56. The highest BCUT2D eigenvalue weighted by Crippen LogP contribution is 2.22. The number of nitrogens with zero attached hydrogens (tertiary/aromatic N) is 2. The Morgan fingerprint density at radius 2 is 1.85 bits per heavy atom. The molecule has 1 aromatic heterocycles. The number of hydrogen-bond donors (Lipinski definition) is 2. The lowest BCUT2D eigenvalue weighted by molar-refractivity contribution is 0.228. The SMILES string of the molecule is CC1CN(CCCNc2[nH]cc3ccccc23)CCN1c1ccccc1. The molecular formula is C22H28N4. The van der Waals surface area contributed by atoms with Crippen molar-refractivity contribution in [3.8, 4) is 0 Å². The Kier molecular flexibility index (Phi) is 5.12. The second kappa shape index (κ2) is 7.83. The summed E-state index contributed by atoms with van der Waals surface area (Å²) in [4.78, 5) is 8.48. The smallest absolute Gasteiger partial charge is 0.111 e. The molecule has 4 rings (SSSR count). The van der Waals surface area contributed by atoms with Gasteiger partial charge in [0.1, 0.15) is 5.82 Å². The van der Waals surface area contributed by atoms with Crippen LogP contribution in [0.3, 0.4) is 0 Å². The third kappa shape index (κ3) is 3.70. The van der Waals surface area contributed by atoms with Crippen molar-refractivity contribution in [1.29, 1.82) is 0 Å². The first-order valence-corrected chi connectivity index (χ1v) is 9.65. The van der Waals surface area contributed by atoms with Crippen LogP contribution in [-0.2, 0) is 0 Å². The van der Waals surface area contributed by atoms with Crippen LogP contribution in [0.5, 0.6) is 0 Å². The van der Waals surface area contributed by atoms with Crippen LogP contribution in [0.2, 0.25) is 0 Å². The number of aromatic nitrogens is 1. The van der Waals surface area contributed by atoms with Gasteiger partial charge < -0.3 is 15.2 Å². The summed E-state index contributed by atoms with van der Waals surface area (Å²) in [5.74, 6) is 1.14. The zero-order valence-electron chi connectivity index (χ0n) is 15.5. The second-order valence-electron chi connectivity index (χ2n) is 7.21. The monoisotopic (exact) mass is 348 g/mol. The summed E-state index contributed by atoms with van der Waals surface area (Å²) in [7, 11) is 0. The molecule has 1 aliphatic heterocycles. The van der Waals surface area contributed by atoms with Gasteiger partial charge in [-0.15, -0.1) is 0 Å². The van der Waals surface area contributed by atoms with Gasteiger partial charge in [-0.3, -0.25) is 4.90 Å². The molecule has 1 atom stereocenters. The predicted octanol–water partition coefficient (Wildman–Crippen LogP) is 4.18. The van der Waals surface area contributed by atoms with Gasteiger partial charge in [0.05, 0.1) is 0 Å². The number of nitrogens with one attached hydrogen (secondary N) is 2. The van der Waals surface area contributed by atoms with Gasteiger partial charge >= 0.3 is 0 Å². The summed E-state index contributed by atoms with van der Waals surface area (Å²) in [5.41, 5.74) is 1.35. The van der Waals surface area contributed by atoms with Crippen molar-refractivity contribution < 1.29 is 0 Å². The molecule has 136 valence electrons. The molecular weight excluding hydrogens is 320 g/mol. The second-order valence-corrected chi connectivity index (χ2v) is 7.21. The fourth-order valence-electron chi connectivity index (χ4n) is 3.98. The van der Waals surface area contributed by atoms with E-state index in [9.17, 15) is 0 Å². The molecule has 1 aliphatic rings. The molecule has 1 fully saturated rings. The van der Waals surface area contributed by atoms with Crippen molar-refractivity contribution >= 4 is 22.3 Å². The summed E-state index contributed by atoms with van der Waals surface area (Å²) in [6, 6.07) is 19.8. The molecule has 2 N–H and O–H groups in total. The molecule has 2 heterocycles. The third-order valence-electron chi connectivity index (χ3n) is 5.35. The first kappa shape index (κ1) is 17.0. The van der Waals surface area contributed by atoms with Gasteiger partial charge in [0.25, 0.3) is 0 Å². The number of hydrogen-bond acceptors (Lipinski definition) is 3. The van der Waals surface area contributed by atoms with Gasteiger partial charge in [-0.05, 0) is 32.0 Å². The van der Waals surface area contributed by atoms with Crippen LogP contribution in [0, 0.1) is 0 Å². The van der Waals surface area contributed by atoms with E-state index < -0.39 is 0 Å². The minimum atomic E-state index is 0.562. The summed E-state index contributed by atoms with van der Waals surface area (Å²) in [6.07, 6.45) is 3.23. The zero-order chi connectivity index (χ0) is 17.8. The molecule has 0 bridgehead atoms. The Morgan fingerprint density at radius 3 is 2.69 bits per heavy atom. The summed E-state index contributed by atoms with van der Waals surface area (Å²) in [6.45, 7) is 7.88. The Labute approximate surface area is 155 Å². The molecule has 26 heavy (non-hydrogen) atoms. The van der Waals surface area contributed by atoms with E-state index in [-0.39, 0.29) is 0 Å². The molecule has 3 aromatic rings. The van der Waals surface area contributed by atoms with Crippen molar-refractivity contribution in [2.75, 3.05) is 42.9 Å². The van der Waals surface area contributed by atoms with Crippen molar-refractivity contribution in [3.63, 3.8) is 0 Å². The minimum absolute atomic E-state index is 0.562. The van der Waals surface area contributed by atoms with Crippen LogP contribution < -0.4 is 10.2 Å². The van der Waals surface area contributed by atoms with E-state index in [4.69, 9.17) is 0 Å². The van der Waals surface area contributed by atoms with Crippen LogP contribution in [0.4, 0.5) is 11.5 Å². The molecule has 4 heteroatoms. The number of aromatic amines is 1. The van der Waals surface area contributed by atoms with Crippen LogP contribution >= 0.6 is 0 Å². The average molecular weight is 348 g/mol. The standard InChI is InChI=1S/C22H28N4/c1-18-17-25(14-15-26(18)20-9-3-2-4-10-20)13-7-12-23-22-21-11-6-5-8-19(21)16-24-22/h2-6,8-11,16,18,23-24H,7,12-15,17H2,1H3. The Morgan fingerprint density at radius 1 is 1.04 bits per heavy atom. The fraction of sp³-hybridized carbons (Fsp3) is 0.364. The summed E-state index contributed by atoms with van der Waals surface area (Å²) < 4.78 is 0. The van der Waals surface area contributed by atoms with Gasteiger partial charge in [0, 0.05) is 54.9 Å². The van der Waals surface area contributed by atoms with E-state index in [1.165, 1.54) is 16.5 Å². The summed E-state index contributed by atoms with van der Waals surface area (Å²) >= 11 is 0. The molecule has 4 nitrogen and oxygen atoms in total. The van der Waals surface area contributed by atoms with E-state index in [1.54, 1.807) is 0 Å². The molecule has 0 amide bonds.